The Balaban J connectivity index is 1.83. The molecule has 0 saturated carbocycles. The molecule has 124 valence electrons. The van der Waals surface area contributed by atoms with Gasteiger partial charge >= 0.3 is 5.97 Å². The van der Waals surface area contributed by atoms with E-state index in [4.69, 9.17) is 4.98 Å². The molecule has 1 aliphatic heterocycles. The molecule has 6 nitrogen and oxygen atoms in total. The number of nitrogens with one attached hydrogen (secondary N) is 1. The van der Waals surface area contributed by atoms with Gasteiger partial charge in [0.15, 0.2) is 0 Å². The van der Waals surface area contributed by atoms with E-state index in [1.165, 1.54) is 17.0 Å². The summed E-state index contributed by atoms with van der Waals surface area (Å²) in [4.78, 5) is 29.4. The zero-order valence-electron chi connectivity index (χ0n) is 12.8. The van der Waals surface area contributed by atoms with Crippen molar-refractivity contribution in [3.63, 3.8) is 0 Å². The first-order chi connectivity index (χ1) is 11.5. The first-order valence-corrected chi connectivity index (χ1v) is 8.73. The number of amides is 1. The number of nitrogens with zero attached hydrogens (tertiary/aromatic N) is 1. The molecule has 3 N–H and O–H groups in total. The molecule has 0 spiro atoms. The van der Waals surface area contributed by atoms with Crippen molar-refractivity contribution in [3.05, 3.63) is 38.8 Å². The number of hydrogen-bond donors (Lipinski definition) is 3. The molecule has 7 heteroatoms. The zero-order valence-corrected chi connectivity index (χ0v) is 13.7. The molecule has 1 atom stereocenters. The van der Waals surface area contributed by atoms with Crippen LogP contribution in [0.4, 0.5) is 5.69 Å². The van der Waals surface area contributed by atoms with Gasteiger partial charge in [0.1, 0.15) is 16.3 Å². The number of benzene rings is 1. The average Bonchev–Trinajstić information content (AvgIpc) is 2.96. The molecule has 0 fully saturated rings. The van der Waals surface area contributed by atoms with Crippen molar-refractivity contribution in [2.75, 3.05) is 5.32 Å². The summed E-state index contributed by atoms with van der Waals surface area (Å²) in [6, 6.07) is 2.77. The lowest BCUT2D eigenvalue weighted by Crippen LogP contribution is -2.24. The van der Waals surface area contributed by atoms with Gasteiger partial charge in [-0.1, -0.05) is 0 Å². The minimum Gasteiger partial charge on any atom is -0.507 e. The molecule has 1 amide bonds. The number of aromatic nitrogens is 1. The number of rotatable bonds is 2. The van der Waals surface area contributed by atoms with E-state index in [0.717, 1.165) is 36.4 Å². The number of carbonyl (C=O) groups excluding carboxylic acids is 1. The number of aromatic carboxylic acids is 1. The van der Waals surface area contributed by atoms with Crippen molar-refractivity contribution in [3.8, 4) is 5.75 Å². The molecular formula is C17H16N2O4S. The Morgan fingerprint density at radius 3 is 2.83 bits per heavy atom. The number of carbonyl (C=O) groups is 2. The minimum atomic E-state index is -1.19. The van der Waals surface area contributed by atoms with Crippen LogP contribution in [0.2, 0.25) is 0 Å². The van der Waals surface area contributed by atoms with E-state index in [9.17, 15) is 19.8 Å². The number of aromatic hydroxyl groups is 1. The third-order valence-corrected chi connectivity index (χ3v) is 5.87. The average molecular weight is 344 g/mol. The number of phenols is 1. The summed E-state index contributed by atoms with van der Waals surface area (Å²) >= 11 is 1.62. The lowest BCUT2D eigenvalue weighted by atomic mass is 9.89. The predicted octanol–water partition coefficient (Wildman–Crippen LogP) is 2.90. The second-order valence-corrected chi connectivity index (χ2v) is 7.31. The van der Waals surface area contributed by atoms with Crippen molar-refractivity contribution in [1.29, 1.82) is 0 Å². The predicted molar refractivity (Wildman–Crippen MR) is 88.9 cm³/mol. The molecule has 2 aliphatic rings. The standard InChI is InChI=1S/C17H16N2O4S/c20-13-7-12-8(5-10(13)17(22)23)9(6-15(21)18-12)16-19-11-3-1-2-4-14(11)24-16/h5,7,9,20H,1-4,6H2,(H,18,21)(H,22,23)/t9-/m0/s1. The van der Waals surface area contributed by atoms with E-state index in [1.54, 1.807) is 11.3 Å². The van der Waals surface area contributed by atoms with Crippen LogP contribution >= 0.6 is 11.3 Å². The van der Waals surface area contributed by atoms with Gasteiger partial charge in [0.05, 0.1) is 5.69 Å². The highest BCUT2D eigenvalue weighted by atomic mass is 32.1. The van der Waals surface area contributed by atoms with E-state index < -0.39 is 5.97 Å². The summed E-state index contributed by atoms with van der Waals surface area (Å²) in [5.74, 6) is -1.95. The van der Waals surface area contributed by atoms with Crippen LogP contribution in [0.3, 0.4) is 0 Å². The first-order valence-electron chi connectivity index (χ1n) is 7.91. The lowest BCUT2D eigenvalue weighted by Gasteiger charge is -2.25. The quantitative estimate of drug-likeness (QED) is 0.778. The zero-order chi connectivity index (χ0) is 16.8. The van der Waals surface area contributed by atoms with Crippen LogP contribution in [-0.4, -0.2) is 27.1 Å². The number of aryl methyl sites for hydroxylation is 2. The van der Waals surface area contributed by atoms with E-state index in [1.807, 2.05) is 0 Å². The third-order valence-electron chi connectivity index (χ3n) is 4.60. The Kier molecular flexibility index (Phi) is 3.53. The number of anilines is 1. The summed E-state index contributed by atoms with van der Waals surface area (Å²) in [5.41, 5.74) is 2.13. The van der Waals surface area contributed by atoms with E-state index in [0.29, 0.717) is 11.3 Å². The molecule has 1 aliphatic carbocycles. The van der Waals surface area contributed by atoms with Crippen LogP contribution in [0, 0.1) is 0 Å². The molecule has 0 unspecified atom stereocenters. The second kappa shape index (κ2) is 5.59. The Morgan fingerprint density at radius 1 is 1.29 bits per heavy atom. The van der Waals surface area contributed by atoms with Crippen LogP contribution in [-0.2, 0) is 17.6 Å². The summed E-state index contributed by atoms with van der Waals surface area (Å²) < 4.78 is 0. The molecule has 0 radical (unpaired) electrons. The molecule has 24 heavy (non-hydrogen) atoms. The Labute approximate surface area is 142 Å². The Morgan fingerprint density at radius 2 is 2.08 bits per heavy atom. The number of carboxylic acid groups (broad SMARTS) is 1. The molecule has 4 rings (SSSR count). The fraction of sp³-hybridized carbons (Fsp3) is 0.353. The van der Waals surface area contributed by atoms with Gasteiger partial charge < -0.3 is 15.5 Å². The van der Waals surface area contributed by atoms with E-state index in [-0.39, 0.29) is 29.6 Å². The normalized spacial score (nSPS) is 19.3. The van der Waals surface area contributed by atoms with Crippen molar-refractivity contribution in [2.24, 2.45) is 0 Å². The van der Waals surface area contributed by atoms with Gasteiger partial charge in [-0.15, -0.1) is 11.3 Å². The SMILES string of the molecule is O=C1C[C@H](c2nc3c(s2)CCCC3)c2cc(C(=O)O)c(O)cc2N1. The van der Waals surface area contributed by atoms with Crippen LogP contribution in [0.15, 0.2) is 12.1 Å². The monoisotopic (exact) mass is 344 g/mol. The van der Waals surface area contributed by atoms with Gasteiger partial charge in [0, 0.05) is 29.0 Å². The summed E-state index contributed by atoms with van der Waals surface area (Å²) in [7, 11) is 0. The smallest absolute Gasteiger partial charge is 0.339 e. The maximum Gasteiger partial charge on any atom is 0.339 e. The highest BCUT2D eigenvalue weighted by Gasteiger charge is 2.32. The van der Waals surface area contributed by atoms with Gasteiger partial charge in [-0.25, -0.2) is 9.78 Å². The van der Waals surface area contributed by atoms with Gasteiger partial charge in [-0.2, -0.15) is 0 Å². The molecule has 0 bridgehead atoms. The van der Waals surface area contributed by atoms with Crippen LogP contribution < -0.4 is 5.32 Å². The fourth-order valence-corrected chi connectivity index (χ4v) is 4.68. The van der Waals surface area contributed by atoms with Gasteiger partial charge in [-0.05, 0) is 37.3 Å². The number of fused-ring (bicyclic) bond motifs is 2. The van der Waals surface area contributed by atoms with Crippen molar-refractivity contribution < 1.29 is 19.8 Å². The molecule has 2 aromatic rings. The van der Waals surface area contributed by atoms with Crippen molar-refractivity contribution in [2.45, 2.75) is 38.0 Å². The number of thiazole rings is 1. The molecule has 2 heterocycles. The lowest BCUT2D eigenvalue weighted by molar-refractivity contribution is -0.116. The maximum absolute atomic E-state index is 12.1. The largest absolute Gasteiger partial charge is 0.507 e. The van der Waals surface area contributed by atoms with Crippen LogP contribution in [0.1, 0.15) is 56.7 Å². The Hall–Kier alpha value is -2.41. The molecule has 1 aromatic heterocycles. The van der Waals surface area contributed by atoms with Gasteiger partial charge in [0.2, 0.25) is 5.91 Å². The van der Waals surface area contributed by atoms with Crippen molar-refractivity contribution in [1.82, 2.24) is 4.98 Å². The van der Waals surface area contributed by atoms with Gasteiger partial charge in [-0.3, -0.25) is 4.79 Å². The maximum atomic E-state index is 12.1. The van der Waals surface area contributed by atoms with E-state index >= 15 is 0 Å². The third kappa shape index (κ3) is 2.45. The van der Waals surface area contributed by atoms with Crippen LogP contribution in [0.5, 0.6) is 5.75 Å². The Bertz CT molecular complexity index is 835. The van der Waals surface area contributed by atoms with Gasteiger partial charge in [0.25, 0.3) is 0 Å². The molecule has 0 saturated heterocycles. The second-order valence-electron chi connectivity index (χ2n) is 6.20. The highest BCUT2D eigenvalue weighted by Crippen LogP contribution is 2.42. The summed E-state index contributed by atoms with van der Waals surface area (Å²) in [6.45, 7) is 0. The number of hydrogen-bond acceptors (Lipinski definition) is 5. The van der Waals surface area contributed by atoms with Crippen LogP contribution in [0.25, 0.3) is 0 Å². The van der Waals surface area contributed by atoms with Crippen molar-refractivity contribution >= 4 is 28.9 Å². The highest BCUT2D eigenvalue weighted by molar-refractivity contribution is 7.11. The fourth-order valence-electron chi connectivity index (χ4n) is 3.41. The van der Waals surface area contributed by atoms with E-state index in [2.05, 4.69) is 5.32 Å². The summed E-state index contributed by atoms with van der Waals surface area (Å²) in [5, 5.41) is 22.7. The first kappa shape index (κ1) is 15.1. The number of carboxylic acids is 1. The molecular weight excluding hydrogens is 328 g/mol. The molecule has 1 aromatic carbocycles. The summed E-state index contributed by atoms with van der Waals surface area (Å²) in [6.07, 6.45) is 4.52. The topological polar surface area (TPSA) is 99.5 Å². The minimum absolute atomic E-state index is 0.150.